The number of nitrogens with two attached hydrogens (primary N) is 1. The second-order valence-corrected chi connectivity index (χ2v) is 10.2. The average molecular weight is 527 g/mol. The first-order chi connectivity index (χ1) is 17.8. The van der Waals surface area contributed by atoms with E-state index in [1.165, 1.54) is 6.20 Å². The number of benzene rings is 1. The highest BCUT2D eigenvalue weighted by molar-refractivity contribution is 6.33. The summed E-state index contributed by atoms with van der Waals surface area (Å²) in [5, 5.41) is 6.61. The molecule has 0 aliphatic carbocycles. The first-order valence-corrected chi connectivity index (χ1v) is 12.9. The third-order valence-corrected chi connectivity index (χ3v) is 7.10. The fourth-order valence-electron chi connectivity index (χ4n) is 4.66. The Morgan fingerprint density at radius 3 is 2.89 bits per heavy atom. The molecule has 1 amide bonds. The van der Waals surface area contributed by atoms with Gasteiger partial charge in [0, 0.05) is 51.7 Å². The van der Waals surface area contributed by atoms with Crippen LogP contribution in [0, 0.1) is 0 Å². The zero-order valence-electron chi connectivity index (χ0n) is 21.6. The van der Waals surface area contributed by atoms with Crippen molar-refractivity contribution in [3.63, 3.8) is 0 Å². The number of aliphatic imine (C=N–C) groups is 2. The standard InChI is InChI=1S/C26H35ClN8O2/c1-26(2)22-17(5-4-6-21(22)33-24(26)36)14-30-23-20(27)16-31-25(34-23)32-19(13-28)15-29-18-7-9-35(10-8-18)11-12-37-3/h4-6,15-16,18H,7-14,28H2,1-3H3,(H,33,36)(H,30,31,34). The number of fused-ring (bicyclic) bond motifs is 1. The molecule has 0 bridgehead atoms. The Morgan fingerprint density at radius 2 is 2.16 bits per heavy atom. The van der Waals surface area contributed by atoms with Crippen LogP contribution in [-0.4, -0.2) is 78.6 Å². The Labute approximate surface area is 222 Å². The summed E-state index contributed by atoms with van der Waals surface area (Å²) in [5.41, 5.74) is 8.71. The third kappa shape index (κ3) is 6.51. The summed E-state index contributed by atoms with van der Waals surface area (Å²) in [6.07, 6.45) is 5.23. The van der Waals surface area contributed by atoms with Crippen LogP contribution in [0.3, 0.4) is 0 Å². The molecule has 0 unspecified atom stereocenters. The number of likely N-dealkylation sites (tertiary alicyclic amines) is 1. The normalized spacial score (nSPS) is 18.3. The van der Waals surface area contributed by atoms with Gasteiger partial charge in [0.15, 0.2) is 5.82 Å². The zero-order chi connectivity index (χ0) is 26.4. The Bertz CT molecular complexity index is 1180. The average Bonchev–Trinajstić information content (AvgIpc) is 3.14. The molecule has 0 atom stereocenters. The van der Waals surface area contributed by atoms with Gasteiger partial charge in [-0.1, -0.05) is 23.7 Å². The van der Waals surface area contributed by atoms with E-state index in [-0.39, 0.29) is 24.4 Å². The van der Waals surface area contributed by atoms with Crippen molar-refractivity contribution in [2.24, 2.45) is 15.7 Å². The van der Waals surface area contributed by atoms with Gasteiger partial charge >= 0.3 is 0 Å². The number of anilines is 2. The molecule has 3 heterocycles. The van der Waals surface area contributed by atoms with Crippen LogP contribution in [0.2, 0.25) is 5.02 Å². The van der Waals surface area contributed by atoms with E-state index in [1.54, 1.807) is 13.3 Å². The summed E-state index contributed by atoms with van der Waals surface area (Å²) in [7, 11) is 1.73. The number of hydrogen-bond acceptors (Lipinski definition) is 9. The maximum atomic E-state index is 12.4. The van der Waals surface area contributed by atoms with Crippen molar-refractivity contribution < 1.29 is 9.53 Å². The van der Waals surface area contributed by atoms with E-state index in [0.717, 1.165) is 55.9 Å². The lowest BCUT2D eigenvalue weighted by Crippen LogP contribution is -2.37. The maximum absolute atomic E-state index is 12.4. The molecule has 2 aromatic rings. The Morgan fingerprint density at radius 1 is 1.38 bits per heavy atom. The minimum atomic E-state index is -0.617. The van der Waals surface area contributed by atoms with Crippen molar-refractivity contribution in [3.8, 4) is 0 Å². The number of aromatic nitrogens is 2. The summed E-state index contributed by atoms with van der Waals surface area (Å²) in [6.45, 7) is 8.20. The first kappa shape index (κ1) is 27.1. The molecule has 11 heteroatoms. The summed E-state index contributed by atoms with van der Waals surface area (Å²) in [5.74, 6) is 0.697. The van der Waals surface area contributed by atoms with Crippen LogP contribution in [-0.2, 0) is 21.5 Å². The van der Waals surface area contributed by atoms with Gasteiger partial charge in [-0.3, -0.25) is 9.79 Å². The molecule has 0 saturated carbocycles. The highest BCUT2D eigenvalue weighted by Gasteiger charge is 2.39. The van der Waals surface area contributed by atoms with E-state index in [0.29, 0.717) is 23.1 Å². The van der Waals surface area contributed by atoms with Gasteiger partial charge in [-0.2, -0.15) is 4.98 Å². The predicted molar refractivity (Wildman–Crippen MR) is 148 cm³/mol. The molecule has 1 fully saturated rings. The van der Waals surface area contributed by atoms with Gasteiger partial charge < -0.3 is 26.0 Å². The number of nitrogens with zero attached hydrogens (tertiary/aromatic N) is 5. The summed E-state index contributed by atoms with van der Waals surface area (Å²) in [6, 6.07) is 6.08. The van der Waals surface area contributed by atoms with E-state index in [4.69, 9.17) is 27.1 Å². The van der Waals surface area contributed by atoms with E-state index in [2.05, 4.69) is 30.5 Å². The number of methoxy groups -OCH3 is 1. The number of amides is 1. The van der Waals surface area contributed by atoms with E-state index in [1.807, 2.05) is 32.0 Å². The van der Waals surface area contributed by atoms with Crippen molar-refractivity contribution in [2.75, 3.05) is 50.5 Å². The fraction of sp³-hybridized carbons (Fsp3) is 0.500. The molecule has 1 saturated heterocycles. The topological polar surface area (TPSA) is 130 Å². The van der Waals surface area contributed by atoms with Crippen molar-refractivity contribution in [2.45, 2.75) is 44.7 Å². The fourth-order valence-corrected chi connectivity index (χ4v) is 4.81. The van der Waals surface area contributed by atoms with Crippen LogP contribution in [0.15, 0.2) is 34.4 Å². The lowest BCUT2D eigenvalue weighted by atomic mass is 9.83. The van der Waals surface area contributed by atoms with Gasteiger partial charge in [0.2, 0.25) is 5.91 Å². The Hall–Kier alpha value is -2.92. The maximum Gasteiger partial charge on any atom is 0.251 e. The van der Waals surface area contributed by atoms with Crippen LogP contribution >= 0.6 is 11.6 Å². The molecule has 1 aromatic heterocycles. The SMILES string of the molecule is COCCN1CCC(N=CC(CN)=Nc2ncc(Cl)c(NCc3cccc4c3C(C)(C)C(=O)N4)n2)CC1. The number of hydrogen-bond donors (Lipinski definition) is 3. The molecule has 1 aromatic carbocycles. The molecule has 0 spiro atoms. The van der Waals surface area contributed by atoms with Crippen LogP contribution in [0.1, 0.15) is 37.8 Å². The van der Waals surface area contributed by atoms with E-state index < -0.39 is 5.41 Å². The number of carbonyl (C=O) groups is 1. The van der Waals surface area contributed by atoms with Crippen molar-refractivity contribution in [1.29, 1.82) is 0 Å². The first-order valence-electron chi connectivity index (χ1n) is 12.5. The van der Waals surface area contributed by atoms with Gasteiger partial charge in [0.1, 0.15) is 5.02 Å². The number of piperidine rings is 1. The number of nitrogens with one attached hydrogen (secondary N) is 2. The minimum absolute atomic E-state index is 0.0146. The summed E-state index contributed by atoms with van der Waals surface area (Å²) < 4.78 is 5.16. The molecule has 198 valence electrons. The molecular weight excluding hydrogens is 492 g/mol. The molecule has 4 rings (SSSR count). The van der Waals surface area contributed by atoms with Gasteiger partial charge in [0.05, 0.1) is 30.0 Å². The monoisotopic (exact) mass is 526 g/mol. The largest absolute Gasteiger partial charge is 0.383 e. The zero-order valence-corrected chi connectivity index (χ0v) is 22.4. The van der Waals surface area contributed by atoms with Crippen molar-refractivity contribution >= 4 is 46.9 Å². The van der Waals surface area contributed by atoms with Crippen LogP contribution in [0.25, 0.3) is 0 Å². The van der Waals surface area contributed by atoms with E-state index in [9.17, 15) is 4.79 Å². The molecule has 10 nitrogen and oxygen atoms in total. The Balaban J connectivity index is 1.42. The van der Waals surface area contributed by atoms with Crippen LogP contribution < -0.4 is 16.4 Å². The molecular formula is C26H35ClN8O2. The second-order valence-electron chi connectivity index (χ2n) is 9.79. The van der Waals surface area contributed by atoms with Crippen molar-refractivity contribution in [1.82, 2.24) is 14.9 Å². The minimum Gasteiger partial charge on any atom is -0.383 e. The van der Waals surface area contributed by atoms with Gasteiger partial charge in [0.25, 0.3) is 5.95 Å². The molecule has 2 aliphatic rings. The number of halogens is 1. The van der Waals surface area contributed by atoms with E-state index >= 15 is 0 Å². The molecule has 0 radical (unpaired) electrons. The highest BCUT2D eigenvalue weighted by Crippen LogP contribution is 2.39. The van der Waals surface area contributed by atoms with Gasteiger partial charge in [-0.05, 0) is 43.9 Å². The highest BCUT2D eigenvalue weighted by atomic mass is 35.5. The summed E-state index contributed by atoms with van der Waals surface area (Å²) >= 11 is 6.37. The second kappa shape index (κ2) is 12.1. The van der Waals surface area contributed by atoms with Gasteiger partial charge in [-0.15, -0.1) is 0 Å². The number of rotatable bonds is 10. The van der Waals surface area contributed by atoms with Crippen molar-refractivity contribution in [3.05, 3.63) is 40.5 Å². The number of carbonyl (C=O) groups excluding carboxylic acids is 1. The van der Waals surface area contributed by atoms with Gasteiger partial charge in [-0.25, -0.2) is 9.98 Å². The molecule has 2 aliphatic heterocycles. The number of ether oxygens (including phenoxy) is 1. The summed E-state index contributed by atoms with van der Waals surface area (Å²) in [4.78, 5) is 32.7. The Kier molecular flexibility index (Phi) is 8.86. The smallest absolute Gasteiger partial charge is 0.251 e. The quantitative estimate of drug-likeness (QED) is 0.405. The lowest BCUT2D eigenvalue weighted by Gasteiger charge is -2.29. The van der Waals surface area contributed by atoms with Crippen LogP contribution in [0.4, 0.5) is 17.5 Å². The third-order valence-electron chi connectivity index (χ3n) is 6.83. The molecule has 4 N–H and O–H groups in total. The van der Waals surface area contributed by atoms with Crippen LogP contribution in [0.5, 0.6) is 0 Å². The molecule has 37 heavy (non-hydrogen) atoms. The lowest BCUT2D eigenvalue weighted by molar-refractivity contribution is -0.119. The predicted octanol–water partition coefficient (Wildman–Crippen LogP) is 3.18.